The van der Waals surface area contributed by atoms with E-state index in [1.807, 2.05) is 0 Å². The van der Waals surface area contributed by atoms with Crippen molar-refractivity contribution in [2.24, 2.45) is 0 Å². The number of urea groups is 1. The van der Waals surface area contributed by atoms with Crippen molar-refractivity contribution in [3.63, 3.8) is 0 Å². The van der Waals surface area contributed by atoms with Crippen molar-refractivity contribution in [3.8, 4) is 0 Å². The largest absolute Gasteiger partial charge is 0.334 e. The molecule has 1 aromatic heterocycles. The second kappa shape index (κ2) is 8.57. The number of carbonyl (C=O) groups excluding carboxylic acids is 1. The molecule has 0 bridgehead atoms. The first kappa shape index (κ1) is 18.1. The summed E-state index contributed by atoms with van der Waals surface area (Å²) in [6.45, 7) is 4.41. The second-order valence-electron chi connectivity index (χ2n) is 6.20. The Hall–Kier alpha value is -2.74. The SMILES string of the molecule is O=C(NCc1ccc(F)cc1)N1CCN(CCn2ncccc2=O)CC1. The van der Waals surface area contributed by atoms with Gasteiger partial charge >= 0.3 is 6.03 Å². The number of nitrogens with zero attached hydrogens (tertiary/aromatic N) is 4. The van der Waals surface area contributed by atoms with E-state index < -0.39 is 0 Å². The highest BCUT2D eigenvalue weighted by Crippen LogP contribution is 2.05. The molecular formula is C18H22FN5O2. The van der Waals surface area contributed by atoms with E-state index in [1.54, 1.807) is 29.3 Å². The van der Waals surface area contributed by atoms with Gasteiger partial charge in [0.15, 0.2) is 0 Å². The van der Waals surface area contributed by atoms with Gasteiger partial charge in [0.2, 0.25) is 0 Å². The summed E-state index contributed by atoms with van der Waals surface area (Å²) in [5.74, 6) is -0.288. The summed E-state index contributed by atoms with van der Waals surface area (Å²) in [4.78, 5) is 27.9. The summed E-state index contributed by atoms with van der Waals surface area (Å²) in [7, 11) is 0. The van der Waals surface area contributed by atoms with Crippen LogP contribution >= 0.6 is 0 Å². The quantitative estimate of drug-likeness (QED) is 0.862. The van der Waals surface area contributed by atoms with Gasteiger partial charge in [-0.15, -0.1) is 0 Å². The highest BCUT2D eigenvalue weighted by Gasteiger charge is 2.20. The summed E-state index contributed by atoms with van der Waals surface area (Å²) in [6, 6.07) is 9.09. The maximum absolute atomic E-state index is 12.9. The zero-order valence-corrected chi connectivity index (χ0v) is 14.5. The fraction of sp³-hybridized carbons (Fsp3) is 0.389. The minimum absolute atomic E-state index is 0.105. The molecule has 0 radical (unpaired) electrons. The first-order valence-electron chi connectivity index (χ1n) is 8.63. The molecule has 0 spiro atoms. The van der Waals surface area contributed by atoms with Crippen LogP contribution in [-0.4, -0.2) is 58.3 Å². The molecule has 2 amide bonds. The second-order valence-corrected chi connectivity index (χ2v) is 6.20. The number of carbonyl (C=O) groups is 1. The Morgan fingerprint density at radius 1 is 1.08 bits per heavy atom. The molecule has 3 rings (SSSR count). The van der Waals surface area contributed by atoms with Crippen molar-refractivity contribution in [1.29, 1.82) is 0 Å². The van der Waals surface area contributed by atoms with Crippen LogP contribution in [0.15, 0.2) is 47.4 Å². The highest BCUT2D eigenvalue weighted by molar-refractivity contribution is 5.74. The van der Waals surface area contributed by atoms with Crippen LogP contribution < -0.4 is 10.9 Å². The van der Waals surface area contributed by atoms with Gasteiger partial charge in [0, 0.05) is 51.5 Å². The van der Waals surface area contributed by atoms with Crippen molar-refractivity contribution < 1.29 is 9.18 Å². The molecule has 0 atom stereocenters. The average molecular weight is 359 g/mol. The molecule has 26 heavy (non-hydrogen) atoms. The number of benzene rings is 1. The number of halogens is 1. The van der Waals surface area contributed by atoms with E-state index in [4.69, 9.17) is 0 Å². The maximum atomic E-state index is 12.9. The van der Waals surface area contributed by atoms with Gasteiger partial charge in [0.1, 0.15) is 5.82 Å². The van der Waals surface area contributed by atoms with Crippen LogP contribution in [0.1, 0.15) is 5.56 Å². The van der Waals surface area contributed by atoms with Crippen LogP contribution in [0, 0.1) is 5.82 Å². The average Bonchev–Trinajstić information content (AvgIpc) is 2.67. The zero-order valence-electron chi connectivity index (χ0n) is 14.5. The molecule has 1 aliphatic rings. The predicted octanol–water partition coefficient (Wildman–Crippen LogP) is 0.910. The van der Waals surface area contributed by atoms with E-state index in [0.29, 0.717) is 26.2 Å². The lowest BCUT2D eigenvalue weighted by Crippen LogP contribution is -2.52. The Bertz CT molecular complexity index is 785. The number of hydrogen-bond donors (Lipinski definition) is 1. The molecular weight excluding hydrogens is 337 g/mol. The number of nitrogens with one attached hydrogen (secondary N) is 1. The van der Waals surface area contributed by atoms with Gasteiger partial charge in [0.25, 0.3) is 5.56 Å². The molecule has 0 saturated carbocycles. The Balaban J connectivity index is 1.40. The Morgan fingerprint density at radius 3 is 2.50 bits per heavy atom. The van der Waals surface area contributed by atoms with Crippen molar-refractivity contribution >= 4 is 6.03 Å². The van der Waals surface area contributed by atoms with E-state index >= 15 is 0 Å². The lowest BCUT2D eigenvalue weighted by Gasteiger charge is -2.34. The molecule has 2 aromatic rings. The minimum Gasteiger partial charge on any atom is -0.334 e. The van der Waals surface area contributed by atoms with Gasteiger partial charge in [0.05, 0.1) is 6.54 Å². The number of aromatic nitrogens is 2. The Labute approximate surface area is 151 Å². The zero-order chi connectivity index (χ0) is 18.4. The fourth-order valence-electron chi connectivity index (χ4n) is 2.86. The van der Waals surface area contributed by atoms with Crippen molar-refractivity contribution in [3.05, 3.63) is 64.3 Å². The maximum Gasteiger partial charge on any atom is 0.317 e. The Morgan fingerprint density at radius 2 is 1.81 bits per heavy atom. The van der Waals surface area contributed by atoms with Crippen LogP contribution in [0.3, 0.4) is 0 Å². The molecule has 1 fully saturated rings. The lowest BCUT2D eigenvalue weighted by atomic mass is 10.2. The normalized spacial score (nSPS) is 15.0. The summed E-state index contributed by atoms with van der Waals surface area (Å²) in [5, 5.41) is 6.90. The molecule has 8 heteroatoms. The monoisotopic (exact) mass is 359 g/mol. The highest BCUT2D eigenvalue weighted by atomic mass is 19.1. The molecule has 2 heterocycles. The van der Waals surface area contributed by atoms with Crippen LogP contribution in [-0.2, 0) is 13.1 Å². The van der Waals surface area contributed by atoms with Gasteiger partial charge in [-0.2, -0.15) is 5.10 Å². The van der Waals surface area contributed by atoms with E-state index in [2.05, 4.69) is 15.3 Å². The van der Waals surface area contributed by atoms with E-state index in [0.717, 1.165) is 25.2 Å². The predicted molar refractivity (Wildman–Crippen MR) is 95.1 cm³/mol. The first-order valence-corrected chi connectivity index (χ1v) is 8.63. The van der Waals surface area contributed by atoms with Gasteiger partial charge in [-0.25, -0.2) is 13.9 Å². The molecule has 0 unspecified atom stereocenters. The van der Waals surface area contributed by atoms with Gasteiger partial charge in [-0.1, -0.05) is 12.1 Å². The third-order valence-electron chi connectivity index (χ3n) is 4.43. The smallest absolute Gasteiger partial charge is 0.317 e. The van der Waals surface area contributed by atoms with Crippen molar-refractivity contribution in [1.82, 2.24) is 24.9 Å². The van der Waals surface area contributed by atoms with Gasteiger partial charge < -0.3 is 10.2 Å². The Kier molecular flexibility index (Phi) is 5.96. The summed E-state index contributed by atoms with van der Waals surface area (Å²) >= 11 is 0. The molecule has 1 aliphatic heterocycles. The molecule has 1 saturated heterocycles. The number of rotatable bonds is 5. The third-order valence-corrected chi connectivity index (χ3v) is 4.43. The third kappa shape index (κ3) is 4.89. The molecule has 1 N–H and O–H groups in total. The number of piperazine rings is 1. The van der Waals surface area contributed by atoms with E-state index in [-0.39, 0.29) is 17.4 Å². The first-order chi connectivity index (χ1) is 12.6. The fourth-order valence-corrected chi connectivity index (χ4v) is 2.86. The van der Waals surface area contributed by atoms with Gasteiger partial charge in [-0.05, 0) is 23.8 Å². The molecule has 0 aliphatic carbocycles. The van der Waals surface area contributed by atoms with Gasteiger partial charge in [-0.3, -0.25) is 9.69 Å². The number of amides is 2. The van der Waals surface area contributed by atoms with Crippen LogP contribution in [0.4, 0.5) is 9.18 Å². The topological polar surface area (TPSA) is 70.5 Å². The van der Waals surface area contributed by atoms with Crippen LogP contribution in [0.25, 0.3) is 0 Å². The summed E-state index contributed by atoms with van der Waals surface area (Å²) in [6.07, 6.45) is 1.60. The summed E-state index contributed by atoms with van der Waals surface area (Å²) in [5.41, 5.74) is 0.755. The van der Waals surface area contributed by atoms with Crippen LogP contribution in [0.5, 0.6) is 0 Å². The molecule has 7 nitrogen and oxygen atoms in total. The molecule has 1 aromatic carbocycles. The van der Waals surface area contributed by atoms with Crippen molar-refractivity contribution in [2.45, 2.75) is 13.1 Å². The van der Waals surface area contributed by atoms with Crippen LogP contribution in [0.2, 0.25) is 0 Å². The number of hydrogen-bond acceptors (Lipinski definition) is 4. The van der Waals surface area contributed by atoms with Crippen molar-refractivity contribution in [2.75, 3.05) is 32.7 Å². The standard InChI is InChI=1S/C18H22FN5O2/c19-16-5-3-15(4-6-16)14-20-18(26)23-11-8-22(9-12-23)10-13-24-17(25)2-1-7-21-24/h1-7H,8-14H2,(H,20,26). The minimum atomic E-state index is -0.288. The lowest BCUT2D eigenvalue weighted by molar-refractivity contribution is 0.135. The summed E-state index contributed by atoms with van der Waals surface area (Å²) < 4.78 is 14.3. The van der Waals surface area contributed by atoms with E-state index in [1.165, 1.54) is 22.9 Å². The molecule has 138 valence electrons. The van der Waals surface area contributed by atoms with E-state index in [9.17, 15) is 14.0 Å².